The summed E-state index contributed by atoms with van der Waals surface area (Å²) >= 11 is 0. The molecule has 130 valence electrons. The van der Waals surface area contributed by atoms with Crippen molar-refractivity contribution in [2.75, 3.05) is 19.4 Å². The van der Waals surface area contributed by atoms with Crippen molar-refractivity contribution < 1.29 is 18.4 Å². The molecule has 0 spiro atoms. The van der Waals surface area contributed by atoms with E-state index in [0.29, 0.717) is 27.8 Å². The normalized spacial score (nSPS) is 11.0. The lowest BCUT2D eigenvalue weighted by Crippen LogP contribution is -2.21. The largest absolute Gasteiger partial charge is 0.464 e. The molecule has 0 saturated heterocycles. The van der Waals surface area contributed by atoms with Gasteiger partial charge >= 0.3 is 0 Å². The fraction of sp³-hybridized carbons (Fsp3) is 0.100. The van der Waals surface area contributed by atoms with Gasteiger partial charge in [-0.3, -0.25) is 9.59 Å². The summed E-state index contributed by atoms with van der Waals surface area (Å²) in [5, 5.41) is 4.35. The second kappa shape index (κ2) is 6.07. The molecular weight excluding hydrogens is 332 g/mol. The third-order valence-electron chi connectivity index (χ3n) is 4.14. The van der Waals surface area contributed by atoms with Gasteiger partial charge in [0.1, 0.15) is 11.2 Å². The zero-order valence-electron chi connectivity index (χ0n) is 14.3. The molecule has 0 aliphatic heterocycles. The molecule has 2 amide bonds. The minimum Gasteiger partial charge on any atom is -0.464 e. The van der Waals surface area contributed by atoms with Crippen molar-refractivity contribution >= 4 is 39.4 Å². The first kappa shape index (κ1) is 16.0. The third-order valence-corrected chi connectivity index (χ3v) is 4.14. The Morgan fingerprint density at radius 2 is 1.85 bits per heavy atom. The molecule has 2 heterocycles. The van der Waals surface area contributed by atoms with Gasteiger partial charge in [0, 0.05) is 30.4 Å². The Bertz CT molecular complexity index is 1140. The maximum absolute atomic E-state index is 12.6. The predicted molar refractivity (Wildman–Crippen MR) is 98.4 cm³/mol. The molecule has 0 aliphatic rings. The molecule has 2 aromatic carbocycles. The van der Waals surface area contributed by atoms with Crippen LogP contribution in [0.2, 0.25) is 0 Å². The molecule has 4 rings (SSSR count). The smallest absolute Gasteiger partial charge is 0.291 e. The van der Waals surface area contributed by atoms with Crippen molar-refractivity contribution in [3.05, 3.63) is 66.1 Å². The van der Waals surface area contributed by atoms with E-state index in [1.807, 2.05) is 6.07 Å². The van der Waals surface area contributed by atoms with Crippen molar-refractivity contribution in [1.82, 2.24) is 4.90 Å². The lowest BCUT2D eigenvalue weighted by atomic mass is 10.1. The van der Waals surface area contributed by atoms with Gasteiger partial charge in [-0.25, -0.2) is 0 Å². The summed E-state index contributed by atoms with van der Waals surface area (Å²) in [5.41, 5.74) is 2.43. The molecule has 0 bridgehead atoms. The van der Waals surface area contributed by atoms with Crippen LogP contribution in [-0.4, -0.2) is 30.8 Å². The maximum atomic E-state index is 12.6. The van der Waals surface area contributed by atoms with Gasteiger partial charge in [-0.15, -0.1) is 0 Å². The van der Waals surface area contributed by atoms with Gasteiger partial charge in [0.25, 0.3) is 11.8 Å². The number of carbonyl (C=O) groups is 2. The van der Waals surface area contributed by atoms with E-state index in [1.54, 1.807) is 62.8 Å². The molecule has 1 N–H and O–H groups in total. The second-order valence-electron chi connectivity index (χ2n) is 6.15. The standard InChI is InChI=1S/C20H16N2O4/c1-22(2)20(24)12-6-7-16-13(10-12)11-18(26-16)19(23)21-15-4-3-5-17-14(15)8-9-25-17/h3-11H,1-2H3,(H,21,23). The van der Waals surface area contributed by atoms with E-state index in [0.717, 1.165) is 5.39 Å². The third kappa shape index (κ3) is 2.71. The number of anilines is 1. The Kier molecular flexibility index (Phi) is 3.73. The van der Waals surface area contributed by atoms with E-state index in [2.05, 4.69) is 5.32 Å². The Balaban J connectivity index is 1.65. The molecule has 6 nitrogen and oxygen atoms in total. The van der Waals surface area contributed by atoms with Crippen LogP contribution in [0, 0.1) is 0 Å². The number of nitrogens with one attached hydrogen (secondary N) is 1. The number of carbonyl (C=O) groups excluding carboxylic acids is 2. The van der Waals surface area contributed by atoms with E-state index in [1.165, 1.54) is 4.90 Å². The minimum absolute atomic E-state index is 0.106. The summed E-state index contributed by atoms with van der Waals surface area (Å²) in [5.74, 6) is -0.295. The van der Waals surface area contributed by atoms with Gasteiger partial charge in [-0.2, -0.15) is 0 Å². The van der Waals surface area contributed by atoms with Crippen LogP contribution in [0.5, 0.6) is 0 Å². The Morgan fingerprint density at radius 3 is 2.65 bits per heavy atom. The molecule has 0 radical (unpaired) electrons. The van der Waals surface area contributed by atoms with Crippen LogP contribution in [0.4, 0.5) is 5.69 Å². The zero-order chi connectivity index (χ0) is 18.3. The van der Waals surface area contributed by atoms with Gasteiger partial charge in [0.05, 0.1) is 12.0 Å². The molecule has 0 aliphatic carbocycles. The Morgan fingerprint density at radius 1 is 1.00 bits per heavy atom. The number of nitrogens with zero attached hydrogens (tertiary/aromatic N) is 1. The summed E-state index contributed by atoms with van der Waals surface area (Å²) in [6.07, 6.45) is 1.57. The number of rotatable bonds is 3. The first-order chi connectivity index (χ1) is 12.5. The number of fused-ring (bicyclic) bond motifs is 2. The first-order valence-electron chi connectivity index (χ1n) is 8.06. The number of hydrogen-bond donors (Lipinski definition) is 1. The van der Waals surface area contributed by atoms with Crippen LogP contribution in [-0.2, 0) is 0 Å². The van der Waals surface area contributed by atoms with E-state index >= 15 is 0 Å². The molecule has 4 aromatic rings. The molecule has 26 heavy (non-hydrogen) atoms. The number of benzene rings is 2. The van der Waals surface area contributed by atoms with Gasteiger partial charge in [0.15, 0.2) is 5.76 Å². The zero-order valence-corrected chi connectivity index (χ0v) is 14.3. The molecule has 0 atom stereocenters. The van der Waals surface area contributed by atoms with Crippen LogP contribution < -0.4 is 5.32 Å². The molecule has 0 saturated carbocycles. The van der Waals surface area contributed by atoms with E-state index in [-0.39, 0.29) is 17.6 Å². The molecule has 6 heteroatoms. The Labute approximate surface area is 149 Å². The van der Waals surface area contributed by atoms with Crippen LogP contribution in [0.15, 0.2) is 63.6 Å². The summed E-state index contributed by atoms with van der Waals surface area (Å²) in [7, 11) is 3.38. The molecule has 0 unspecified atom stereocenters. The Hall–Kier alpha value is -3.54. The fourth-order valence-corrected chi connectivity index (χ4v) is 2.83. The summed E-state index contributed by atoms with van der Waals surface area (Å²) in [6.45, 7) is 0. The van der Waals surface area contributed by atoms with Crippen LogP contribution in [0.1, 0.15) is 20.9 Å². The minimum atomic E-state index is -0.365. The highest BCUT2D eigenvalue weighted by Gasteiger charge is 2.16. The van der Waals surface area contributed by atoms with Gasteiger partial charge in [-0.1, -0.05) is 6.07 Å². The lowest BCUT2D eigenvalue weighted by Gasteiger charge is -2.09. The maximum Gasteiger partial charge on any atom is 0.291 e. The monoisotopic (exact) mass is 348 g/mol. The number of furan rings is 2. The summed E-state index contributed by atoms with van der Waals surface area (Å²) in [4.78, 5) is 26.1. The van der Waals surface area contributed by atoms with Gasteiger partial charge in [0.2, 0.25) is 0 Å². The van der Waals surface area contributed by atoms with E-state index in [9.17, 15) is 9.59 Å². The average molecular weight is 348 g/mol. The average Bonchev–Trinajstić information content (AvgIpc) is 3.27. The number of hydrogen-bond acceptors (Lipinski definition) is 4. The van der Waals surface area contributed by atoms with Crippen LogP contribution in [0.3, 0.4) is 0 Å². The number of amides is 2. The van der Waals surface area contributed by atoms with Crippen molar-refractivity contribution in [2.45, 2.75) is 0 Å². The van der Waals surface area contributed by atoms with Crippen LogP contribution in [0.25, 0.3) is 21.9 Å². The quantitative estimate of drug-likeness (QED) is 0.604. The highest BCUT2D eigenvalue weighted by atomic mass is 16.3. The van der Waals surface area contributed by atoms with Gasteiger partial charge in [-0.05, 0) is 42.5 Å². The topological polar surface area (TPSA) is 75.7 Å². The highest BCUT2D eigenvalue weighted by molar-refractivity contribution is 6.09. The first-order valence-corrected chi connectivity index (χ1v) is 8.06. The van der Waals surface area contributed by atoms with E-state index in [4.69, 9.17) is 8.83 Å². The fourth-order valence-electron chi connectivity index (χ4n) is 2.83. The molecule has 0 fully saturated rings. The SMILES string of the molecule is CN(C)C(=O)c1ccc2oc(C(=O)Nc3cccc4occc34)cc2c1. The van der Waals surface area contributed by atoms with Crippen LogP contribution >= 0.6 is 0 Å². The second-order valence-corrected chi connectivity index (χ2v) is 6.15. The molecular formula is C20H16N2O4. The summed E-state index contributed by atoms with van der Waals surface area (Å²) < 4.78 is 11.0. The van der Waals surface area contributed by atoms with Gasteiger partial charge < -0.3 is 19.1 Å². The lowest BCUT2D eigenvalue weighted by molar-refractivity contribution is 0.0827. The molecule has 2 aromatic heterocycles. The van der Waals surface area contributed by atoms with Crippen molar-refractivity contribution in [3.8, 4) is 0 Å². The van der Waals surface area contributed by atoms with Crippen molar-refractivity contribution in [2.24, 2.45) is 0 Å². The highest BCUT2D eigenvalue weighted by Crippen LogP contribution is 2.26. The van der Waals surface area contributed by atoms with E-state index < -0.39 is 0 Å². The summed E-state index contributed by atoms with van der Waals surface area (Å²) in [6, 6.07) is 14.0. The predicted octanol–water partition coefficient (Wildman–Crippen LogP) is 4.13. The van der Waals surface area contributed by atoms with Crippen molar-refractivity contribution in [3.63, 3.8) is 0 Å². The van der Waals surface area contributed by atoms with Crippen molar-refractivity contribution in [1.29, 1.82) is 0 Å².